The summed E-state index contributed by atoms with van der Waals surface area (Å²) in [6.45, 7) is 6.74. The molecule has 1 atom stereocenters. The van der Waals surface area contributed by atoms with Gasteiger partial charge in [-0.3, -0.25) is 14.4 Å². The summed E-state index contributed by atoms with van der Waals surface area (Å²) in [5.41, 5.74) is 0. The van der Waals surface area contributed by atoms with Crippen molar-refractivity contribution >= 4 is 17.9 Å². The van der Waals surface area contributed by atoms with Crippen LogP contribution in [0.4, 0.5) is 0 Å². The van der Waals surface area contributed by atoms with E-state index in [1.54, 1.807) is 0 Å². The van der Waals surface area contributed by atoms with Gasteiger partial charge in [-0.2, -0.15) is 0 Å². The third-order valence-corrected chi connectivity index (χ3v) is 17.3. The zero-order valence-corrected chi connectivity index (χ0v) is 55.4. The Morgan fingerprint density at radius 2 is 0.407 bits per heavy atom. The molecule has 0 aliphatic rings. The molecule has 1 unspecified atom stereocenters. The van der Waals surface area contributed by atoms with Crippen LogP contribution >= 0.6 is 0 Å². The molecule has 0 rings (SSSR count). The van der Waals surface area contributed by atoms with Crippen LogP contribution in [0.1, 0.15) is 432 Å². The van der Waals surface area contributed by atoms with Crippen molar-refractivity contribution in [3.63, 3.8) is 0 Å². The average Bonchev–Trinajstić information content (AvgIpc) is 3.47. The molecule has 6 nitrogen and oxygen atoms in total. The van der Waals surface area contributed by atoms with Crippen molar-refractivity contribution in [3.05, 3.63) is 12.2 Å². The molecule has 81 heavy (non-hydrogen) atoms. The van der Waals surface area contributed by atoms with Gasteiger partial charge in [-0.15, -0.1) is 0 Å². The van der Waals surface area contributed by atoms with Gasteiger partial charge in [0, 0.05) is 19.3 Å². The molecule has 0 aromatic heterocycles. The first kappa shape index (κ1) is 79.2. The van der Waals surface area contributed by atoms with Gasteiger partial charge in [0.05, 0.1) is 0 Å². The lowest BCUT2D eigenvalue weighted by Crippen LogP contribution is -2.30. The van der Waals surface area contributed by atoms with Gasteiger partial charge in [-0.05, 0) is 44.9 Å². The Bertz CT molecular complexity index is 1260. The van der Waals surface area contributed by atoms with E-state index in [0.29, 0.717) is 19.3 Å². The fourth-order valence-corrected chi connectivity index (χ4v) is 11.7. The van der Waals surface area contributed by atoms with E-state index in [1.165, 1.54) is 334 Å². The lowest BCUT2D eigenvalue weighted by atomic mass is 10.0. The van der Waals surface area contributed by atoms with Gasteiger partial charge < -0.3 is 14.2 Å². The lowest BCUT2D eigenvalue weighted by molar-refractivity contribution is -0.167. The molecular weight excluding hydrogens is 997 g/mol. The van der Waals surface area contributed by atoms with Crippen LogP contribution in [0.15, 0.2) is 12.2 Å². The maximum absolute atomic E-state index is 13.0. The number of rotatable bonds is 70. The smallest absolute Gasteiger partial charge is 0.306 e. The third-order valence-electron chi connectivity index (χ3n) is 17.3. The molecule has 0 fully saturated rings. The van der Waals surface area contributed by atoms with Crippen LogP contribution < -0.4 is 0 Å². The number of carbonyl (C=O) groups excluding carboxylic acids is 3. The Kier molecular flexibility index (Phi) is 69.0. The number of allylic oxidation sites excluding steroid dienone is 2. The highest BCUT2D eigenvalue weighted by Crippen LogP contribution is 2.20. The molecule has 0 radical (unpaired) electrons. The van der Waals surface area contributed by atoms with Crippen molar-refractivity contribution in [3.8, 4) is 0 Å². The molecule has 0 bridgehead atoms. The summed E-state index contributed by atoms with van der Waals surface area (Å²) in [6, 6.07) is 0. The molecule has 0 amide bonds. The molecule has 0 N–H and O–H groups in total. The standard InChI is InChI=1S/C75H144O6/c1-4-7-10-13-16-19-22-25-28-31-33-35-37-39-41-44-47-50-53-56-59-62-65-68-74(77)80-71-72(70-79-73(76)67-64-61-58-55-52-49-46-43-30-27-24-21-18-15-12-9-6-3)81-75(78)69-66-63-60-57-54-51-48-45-42-40-38-36-34-32-29-26-23-20-17-14-11-8-5-2/h27,30,72H,4-26,28-29,31-71H2,1-3H3/b30-27-. The Balaban J connectivity index is 4.26. The van der Waals surface area contributed by atoms with E-state index in [9.17, 15) is 14.4 Å². The van der Waals surface area contributed by atoms with Crippen molar-refractivity contribution in [2.45, 2.75) is 438 Å². The van der Waals surface area contributed by atoms with E-state index in [4.69, 9.17) is 14.2 Å². The van der Waals surface area contributed by atoms with Gasteiger partial charge in [0.25, 0.3) is 0 Å². The summed E-state index contributed by atoms with van der Waals surface area (Å²) in [4.78, 5) is 38.5. The predicted molar refractivity (Wildman–Crippen MR) is 353 cm³/mol. The van der Waals surface area contributed by atoms with Gasteiger partial charge >= 0.3 is 17.9 Å². The summed E-state index contributed by atoms with van der Waals surface area (Å²) >= 11 is 0. The van der Waals surface area contributed by atoms with E-state index >= 15 is 0 Å². The van der Waals surface area contributed by atoms with Crippen molar-refractivity contribution < 1.29 is 28.6 Å². The van der Waals surface area contributed by atoms with E-state index in [1.807, 2.05) is 0 Å². The Labute approximate surface area is 507 Å². The first-order chi connectivity index (χ1) is 40.0. The number of ether oxygens (including phenoxy) is 3. The van der Waals surface area contributed by atoms with Crippen LogP contribution in [0.2, 0.25) is 0 Å². The molecule has 0 saturated carbocycles. The normalized spacial score (nSPS) is 12.0. The molecule has 6 heteroatoms. The monoisotopic (exact) mass is 1140 g/mol. The number of hydrogen-bond donors (Lipinski definition) is 0. The second-order valence-electron chi connectivity index (χ2n) is 25.6. The second kappa shape index (κ2) is 70.6. The third kappa shape index (κ3) is 68.8. The summed E-state index contributed by atoms with van der Waals surface area (Å²) in [5, 5.41) is 0. The van der Waals surface area contributed by atoms with Crippen molar-refractivity contribution in [1.82, 2.24) is 0 Å². The highest BCUT2D eigenvalue weighted by atomic mass is 16.6. The van der Waals surface area contributed by atoms with E-state index in [2.05, 4.69) is 32.9 Å². The van der Waals surface area contributed by atoms with Crippen LogP contribution in [-0.2, 0) is 28.6 Å². The van der Waals surface area contributed by atoms with Gasteiger partial charge in [0.1, 0.15) is 13.2 Å². The number of esters is 3. The quantitative estimate of drug-likeness (QED) is 0.0261. The maximum atomic E-state index is 13.0. The minimum Gasteiger partial charge on any atom is -0.462 e. The average molecular weight is 1140 g/mol. The molecular formula is C75H144O6. The summed E-state index contributed by atoms with van der Waals surface area (Å²) in [5.74, 6) is -0.829. The molecule has 0 aromatic rings. The highest BCUT2D eigenvalue weighted by Gasteiger charge is 2.20. The summed E-state index contributed by atoms with van der Waals surface area (Å²) in [6.07, 6.45) is 85.4. The second-order valence-corrected chi connectivity index (χ2v) is 25.6. The topological polar surface area (TPSA) is 78.9 Å². The number of carbonyl (C=O) groups is 3. The molecule has 0 aliphatic carbocycles. The van der Waals surface area contributed by atoms with Crippen LogP contribution in [-0.4, -0.2) is 37.2 Å². The van der Waals surface area contributed by atoms with E-state index in [-0.39, 0.29) is 31.1 Å². The van der Waals surface area contributed by atoms with Crippen LogP contribution in [0.3, 0.4) is 0 Å². The Morgan fingerprint density at radius 3 is 0.617 bits per heavy atom. The maximum Gasteiger partial charge on any atom is 0.306 e. The fourth-order valence-electron chi connectivity index (χ4n) is 11.7. The minimum absolute atomic E-state index is 0.0640. The van der Waals surface area contributed by atoms with Gasteiger partial charge in [-0.25, -0.2) is 0 Å². The minimum atomic E-state index is -0.769. The lowest BCUT2D eigenvalue weighted by Gasteiger charge is -2.18. The van der Waals surface area contributed by atoms with Gasteiger partial charge in [0.2, 0.25) is 0 Å². The number of unbranched alkanes of at least 4 members (excludes halogenated alkanes) is 57. The van der Waals surface area contributed by atoms with Crippen LogP contribution in [0.5, 0.6) is 0 Å². The van der Waals surface area contributed by atoms with Crippen molar-refractivity contribution in [1.29, 1.82) is 0 Å². The SMILES string of the molecule is CCCCCCCC/C=C\CCCCCCCCCC(=O)OCC(COC(=O)CCCCCCCCCCCCCCCCCCCCCCCCC)OC(=O)CCCCCCCCCCCCCCCCCCCCCCCCC. The van der Waals surface area contributed by atoms with E-state index < -0.39 is 6.10 Å². The first-order valence-electron chi connectivity index (χ1n) is 37.2. The zero-order valence-electron chi connectivity index (χ0n) is 55.4. The van der Waals surface area contributed by atoms with Crippen LogP contribution in [0, 0.1) is 0 Å². The molecule has 0 heterocycles. The van der Waals surface area contributed by atoms with Crippen LogP contribution in [0.25, 0.3) is 0 Å². The van der Waals surface area contributed by atoms with E-state index in [0.717, 1.165) is 57.8 Å². The molecule has 480 valence electrons. The zero-order chi connectivity index (χ0) is 58.5. The first-order valence-corrected chi connectivity index (χ1v) is 37.2. The molecule has 0 saturated heterocycles. The van der Waals surface area contributed by atoms with Crippen molar-refractivity contribution in [2.75, 3.05) is 13.2 Å². The Morgan fingerprint density at radius 1 is 0.235 bits per heavy atom. The van der Waals surface area contributed by atoms with Gasteiger partial charge in [-0.1, -0.05) is 380 Å². The predicted octanol–water partition coefficient (Wildman–Crippen LogP) is 25.6. The summed E-state index contributed by atoms with van der Waals surface area (Å²) < 4.78 is 17.0. The number of hydrogen-bond acceptors (Lipinski definition) is 6. The highest BCUT2D eigenvalue weighted by molar-refractivity contribution is 5.71. The van der Waals surface area contributed by atoms with Gasteiger partial charge in [0.15, 0.2) is 6.10 Å². The summed E-state index contributed by atoms with van der Waals surface area (Å²) in [7, 11) is 0. The molecule has 0 aromatic carbocycles. The van der Waals surface area contributed by atoms with Crippen molar-refractivity contribution in [2.24, 2.45) is 0 Å². The molecule has 0 spiro atoms. The largest absolute Gasteiger partial charge is 0.462 e. The fraction of sp³-hybridized carbons (Fsp3) is 0.933. The Hall–Kier alpha value is -1.85. The molecule has 0 aliphatic heterocycles.